The van der Waals surface area contributed by atoms with E-state index in [4.69, 9.17) is 28.5 Å². The van der Waals surface area contributed by atoms with Gasteiger partial charge in [0.05, 0.1) is 12.0 Å². The van der Waals surface area contributed by atoms with Crippen molar-refractivity contribution in [3.8, 4) is 6.07 Å². The lowest BCUT2D eigenvalue weighted by Gasteiger charge is -2.14. The highest BCUT2D eigenvalue weighted by Gasteiger charge is 2.15. The number of rotatable bonds is 1. The zero-order chi connectivity index (χ0) is 10.9. The minimum atomic E-state index is -0.175. The SMILES string of the molecule is Cc1c(Cl)cc(Cl)c(C)c1C(C)C#N. The summed E-state index contributed by atoms with van der Waals surface area (Å²) in [5, 5.41) is 10.1. The van der Waals surface area contributed by atoms with Crippen LogP contribution in [-0.4, -0.2) is 0 Å². The second-order valence-corrected chi connectivity index (χ2v) is 4.17. The molecule has 1 atom stereocenters. The molecule has 1 nitrogen and oxygen atoms in total. The molecule has 0 aliphatic rings. The molecule has 3 heteroatoms. The summed E-state index contributed by atoms with van der Waals surface area (Å²) in [5.41, 5.74) is 2.84. The fourth-order valence-corrected chi connectivity index (χ4v) is 2.06. The summed E-state index contributed by atoms with van der Waals surface area (Å²) in [5.74, 6) is -0.175. The van der Waals surface area contributed by atoms with Crippen LogP contribution in [0.1, 0.15) is 29.5 Å². The van der Waals surface area contributed by atoms with Crippen molar-refractivity contribution in [2.45, 2.75) is 26.7 Å². The van der Waals surface area contributed by atoms with E-state index >= 15 is 0 Å². The Morgan fingerprint density at radius 2 is 1.64 bits per heavy atom. The largest absolute Gasteiger partial charge is 0.198 e. The van der Waals surface area contributed by atoms with Crippen molar-refractivity contribution in [1.82, 2.24) is 0 Å². The third-order valence-corrected chi connectivity index (χ3v) is 3.19. The molecule has 0 saturated carbocycles. The molecule has 0 fully saturated rings. The van der Waals surface area contributed by atoms with Crippen LogP contribution in [0.25, 0.3) is 0 Å². The van der Waals surface area contributed by atoms with Gasteiger partial charge in [0.25, 0.3) is 0 Å². The predicted octanol–water partition coefficient (Wildman–Crippen LogP) is 4.24. The van der Waals surface area contributed by atoms with Gasteiger partial charge < -0.3 is 0 Å². The van der Waals surface area contributed by atoms with Crippen molar-refractivity contribution in [2.75, 3.05) is 0 Å². The smallest absolute Gasteiger partial charge is 0.0701 e. The molecule has 0 aromatic heterocycles. The van der Waals surface area contributed by atoms with E-state index in [-0.39, 0.29) is 5.92 Å². The zero-order valence-corrected chi connectivity index (χ0v) is 9.87. The third-order valence-electron chi connectivity index (χ3n) is 2.40. The van der Waals surface area contributed by atoms with Crippen molar-refractivity contribution in [1.29, 1.82) is 5.26 Å². The summed E-state index contributed by atoms with van der Waals surface area (Å²) in [6, 6.07) is 3.92. The first kappa shape index (κ1) is 11.4. The predicted molar refractivity (Wildman–Crippen MR) is 60.0 cm³/mol. The fraction of sp³-hybridized carbons (Fsp3) is 0.364. The Morgan fingerprint density at radius 3 is 2.00 bits per heavy atom. The van der Waals surface area contributed by atoms with Crippen molar-refractivity contribution in [2.24, 2.45) is 0 Å². The van der Waals surface area contributed by atoms with E-state index in [1.165, 1.54) is 0 Å². The molecule has 1 unspecified atom stereocenters. The number of nitriles is 1. The van der Waals surface area contributed by atoms with E-state index < -0.39 is 0 Å². The van der Waals surface area contributed by atoms with Crippen LogP contribution in [0.4, 0.5) is 0 Å². The summed E-state index contributed by atoms with van der Waals surface area (Å²) in [4.78, 5) is 0. The Kier molecular flexibility index (Phi) is 3.42. The van der Waals surface area contributed by atoms with Crippen LogP contribution in [0.2, 0.25) is 10.0 Å². The lowest BCUT2D eigenvalue weighted by atomic mass is 9.93. The molecule has 74 valence electrons. The number of hydrogen-bond donors (Lipinski definition) is 0. The van der Waals surface area contributed by atoms with E-state index in [2.05, 4.69) is 6.07 Å². The van der Waals surface area contributed by atoms with Crippen LogP contribution >= 0.6 is 23.2 Å². The Hall–Kier alpha value is -0.710. The second-order valence-electron chi connectivity index (χ2n) is 3.35. The summed E-state index contributed by atoms with van der Waals surface area (Å²) < 4.78 is 0. The molecule has 0 aliphatic heterocycles. The van der Waals surface area contributed by atoms with Gasteiger partial charge in [-0.1, -0.05) is 23.2 Å². The quantitative estimate of drug-likeness (QED) is 0.705. The number of benzene rings is 1. The van der Waals surface area contributed by atoms with E-state index in [1.54, 1.807) is 6.07 Å². The lowest BCUT2D eigenvalue weighted by Crippen LogP contribution is -1.99. The standard InChI is InChI=1S/C11H11Cl2N/c1-6(5-14)11-7(2)9(12)4-10(13)8(11)3/h4,6H,1-3H3. The highest BCUT2D eigenvalue weighted by molar-refractivity contribution is 6.35. The molecule has 0 aliphatic carbocycles. The van der Waals surface area contributed by atoms with Gasteiger partial charge in [0, 0.05) is 10.0 Å². The Balaban J connectivity index is 3.49. The third kappa shape index (κ3) is 1.87. The molecule has 0 heterocycles. The number of halogens is 2. The maximum atomic E-state index is 8.88. The Labute approximate surface area is 94.3 Å². The average molecular weight is 228 g/mol. The molecule has 1 rings (SSSR count). The summed E-state index contributed by atoms with van der Waals surface area (Å²) in [6.07, 6.45) is 0. The zero-order valence-electron chi connectivity index (χ0n) is 8.36. The van der Waals surface area contributed by atoms with Crippen LogP contribution in [0, 0.1) is 25.2 Å². The average Bonchev–Trinajstić information content (AvgIpc) is 2.15. The van der Waals surface area contributed by atoms with Crippen LogP contribution in [-0.2, 0) is 0 Å². The molecule has 0 N–H and O–H groups in total. The molecule has 1 aromatic carbocycles. The van der Waals surface area contributed by atoms with E-state index in [9.17, 15) is 0 Å². The minimum absolute atomic E-state index is 0.175. The fourth-order valence-electron chi connectivity index (χ4n) is 1.58. The van der Waals surface area contributed by atoms with Crippen LogP contribution in [0.3, 0.4) is 0 Å². The normalized spacial score (nSPS) is 12.3. The van der Waals surface area contributed by atoms with Gasteiger partial charge in [0.1, 0.15) is 0 Å². The topological polar surface area (TPSA) is 23.8 Å². The molecular weight excluding hydrogens is 217 g/mol. The lowest BCUT2D eigenvalue weighted by molar-refractivity contribution is 0.950. The van der Waals surface area contributed by atoms with Crippen molar-refractivity contribution in [3.63, 3.8) is 0 Å². The van der Waals surface area contributed by atoms with Gasteiger partial charge >= 0.3 is 0 Å². The maximum Gasteiger partial charge on any atom is 0.0701 e. The van der Waals surface area contributed by atoms with Crippen molar-refractivity contribution >= 4 is 23.2 Å². The van der Waals surface area contributed by atoms with Gasteiger partial charge in [0.15, 0.2) is 0 Å². The molecule has 14 heavy (non-hydrogen) atoms. The van der Waals surface area contributed by atoms with E-state index in [0.29, 0.717) is 10.0 Å². The second kappa shape index (κ2) is 4.21. The summed E-state index contributed by atoms with van der Waals surface area (Å²) in [7, 11) is 0. The Morgan fingerprint density at radius 1 is 1.21 bits per heavy atom. The summed E-state index contributed by atoms with van der Waals surface area (Å²) in [6.45, 7) is 5.67. The summed E-state index contributed by atoms with van der Waals surface area (Å²) >= 11 is 12.0. The van der Waals surface area contributed by atoms with Gasteiger partial charge in [-0.25, -0.2) is 0 Å². The van der Waals surface area contributed by atoms with Gasteiger partial charge in [-0.3, -0.25) is 0 Å². The molecule has 1 aromatic rings. The van der Waals surface area contributed by atoms with Crippen molar-refractivity contribution in [3.05, 3.63) is 32.8 Å². The molecule has 0 radical (unpaired) electrons. The first-order valence-electron chi connectivity index (χ1n) is 4.33. The molecule has 0 spiro atoms. The highest BCUT2D eigenvalue weighted by atomic mass is 35.5. The van der Waals surface area contributed by atoms with E-state index in [1.807, 2.05) is 20.8 Å². The first-order chi connectivity index (χ1) is 6.49. The molecule has 0 saturated heterocycles. The van der Waals surface area contributed by atoms with Crippen LogP contribution in [0.5, 0.6) is 0 Å². The Bertz CT molecular complexity index is 378. The number of hydrogen-bond acceptors (Lipinski definition) is 1. The highest BCUT2D eigenvalue weighted by Crippen LogP contribution is 2.33. The van der Waals surface area contributed by atoms with E-state index in [0.717, 1.165) is 16.7 Å². The van der Waals surface area contributed by atoms with Gasteiger partial charge in [-0.05, 0) is 43.5 Å². The molecule has 0 bridgehead atoms. The van der Waals surface area contributed by atoms with Crippen LogP contribution < -0.4 is 0 Å². The van der Waals surface area contributed by atoms with Gasteiger partial charge in [-0.2, -0.15) is 5.26 Å². The molecular formula is C11H11Cl2N. The number of nitrogens with zero attached hydrogens (tertiary/aromatic N) is 1. The van der Waals surface area contributed by atoms with Crippen LogP contribution in [0.15, 0.2) is 6.07 Å². The minimum Gasteiger partial charge on any atom is -0.198 e. The van der Waals surface area contributed by atoms with Gasteiger partial charge in [0.2, 0.25) is 0 Å². The maximum absolute atomic E-state index is 8.88. The first-order valence-corrected chi connectivity index (χ1v) is 5.09. The van der Waals surface area contributed by atoms with Crippen molar-refractivity contribution < 1.29 is 0 Å². The monoisotopic (exact) mass is 227 g/mol. The molecule has 0 amide bonds. The van der Waals surface area contributed by atoms with Gasteiger partial charge in [-0.15, -0.1) is 0 Å².